The number of hydrogen-bond acceptors (Lipinski definition) is 5. The van der Waals surface area contributed by atoms with Gasteiger partial charge in [-0.1, -0.05) is 55.5 Å². The smallest absolute Gasteiger partial charge is 0.254 e. The Bertz CT molecular complexity index is 1350. The number of carbonyl (C=O) groups excluding carboxylic acids is 1. The molecule has 7 heteroatoms. The lowest BCUT2D eigenvalue weighted by atomic mass is 10.1. The molecule has 1 unspecified atom stereocenters. The van der Waals surface area contributed by atoms with E-state index in [1.54, 1.807) is 7.11 Å². The number of aryl methyl sites for hydroxylation is 1. The van der Waals surface area contributed by atoms with E-state index in [-0.39, 0.29) is 12.0 Å². The number of para-hydroxylation sites is 3. The number of aromatic nitrogens is 2. The lowest BCUT2D eigenvalue weighted by molar-refractivity contribution is 0.0505. The molecular formula is C31H33N3O4. The van der Waals surface area contributed by atoms with Gasteiger partial charge in [-0.05, 0) is 55.7 Å². The van der Waals surface area contributed by atoms with Crippen molar-refractivity contribution >= 4 is 5.91 Å². The zero-order valence-corrected chi connectivity index (χ0v) is 21.9. The highest BCUT2D eigenvalue weighted by Crippen LogP contribution is 2.36. The number of amides is 1. The lowest BCUT2D eigenvalue weighted by Gasteiger charge is -2.26. The summed E-state index contributed by atoms with van der Waals surface area (Å²) in [5.41, 5.74) is 3.26. The maximum Gasteiger partial charge on any atom is 0.254 e. The molecule has 1 aliphatic heterocycles. The summed E-state index contributed by atoms with van der Waals surface area (Å²) in [6.45, 7) is 3.64. The standard InChI is InChI=1S/C31H33N3O4/c1-3-27-26(22-33(21-25-17-12-20-37-25)30(35)23-13-6-4-7-14-23)31(34(32-27)24-15-8-5-9-16-24)38-29-19-11-10-18-28(29)36-2/h4-11,13-16,18-19,25H,3,12,17,20-22H2,1-2H3. The van der Waals surface area contributed by atoms with E-state index in [0.717, 1.165) is 36.4 Å². The molecule has 196 valence electrons. The molecule has 1 amide bonds. The third-order valence-corrected chi connectivity index (χ3v) is 6.74. The number of ether oxygens (including phenoxy) is 3. The highest BCUT2D eigenvalue weighted by Gasteiger charge is 2.28. The first-order valence-electron chi connectivity index (χ1n) is 13.1. The lowest BCUT2D eigenvalue weighted by Crippen LogP contribution is -2.37. The molecule has 0 saturated carbocycles. The van der Waals surface area contributed by atoms with Crippen LogP contribution in [-0.2, 0) is 17.7 Å². The summed E-state index contributed by atoms with van der Waals surface area (Å²) in [6, 6.07) is 26.8. The number of rotatable bonds is 10. The molecule has 4 aromatic rings. The molecule has 3 aromatic carbocycles. The summed E-state index contributed by atoms with van der Waals surface area (Å²) in [4.78, 5) is 15.6. The average Bonchev–Trinajstić information content (AvgIpc) is 3.61. The Morgan fingerprint density at radius 3 is 2.34 bits per heavy atom. The summed E-state index contributed by atoms with van der Waals surface area (Å²) in [5.74, 6) is 1.72. The Morgan fingerprint density at radius 1 is 1.00 bits per heavy atom. The summed E-state index contributed by atoms with van der Waals surface area (Å²) in [7, 11) is 1.62. The summed E-state index contributed by atoms with van der Waals surface area (Å²) in [6.07, 6.45) is 2.64. The van der Waals surface area contributed by atoms with Crippen LogP contribution in [0.4, 0.5) is 0 Å². The van der Waals surface area contributed by atoms with Crippen LogP contribution >= 0.6 is 0 Å². The van der Waals surface area contributed by atoms with Gasteiger partial charge in [-0.3, -0.25) is 4.79 Å². The van der Waals surface area contributed by atoms with Gasteiger partial charge in [0.05, 0.1) is 36.7 Å². The predicted molar refractivity (Wildman–Crippen MR) is 146 cm³/mol. The molecule has 7 nitrogen and oxygen atoms in total. The van der Waals surface area contributed by atoms with Gasteiger partial charge in [0, 0.05) is 18.7 Å². The molecule has 38 heavy (non-hydrogen) atoms. The van der Waals surface area contributed by atoms with Crippen LogP contribution in [0.15, 0.2) is 84.9 Å². The zero-order chi connectivity index (χ0) is 26.3. The molecule has 0 N–H and O–H groups in total. The van der Waals surface area contributed by atoms with E-state index in [0.29, 0.717) is 42.5 Å². The van der Waals surface area contributed by atoms with Gasteiger partial charge >= 0.3 is 0 Å². The summed E-state index contributed by atoms with van der Waals surface area (Å²) in [5, 5.41) is 4.95. The molecule has 1 saturated heterocycles. The van der Waals surface area contributed by atoms with Crippen molar-refractivity contribution in [2.75, 3.05) is 20.3 Å². The minimum atomic E-state index is -0.0427. The average molecular weight is 512 g/mol. The first-order chi connectivity index (χ1) is 18.7. The van der Waals surface area contributed by atoms with Gasteiger partial charge in [-0.25, -0.2) is 4.68 Å². The van der Waals surface area contributed by atoms with Gasteiger partial charge in [-0.2, -0.15) is 5.10 Å². The summed E-state index contributed by atoms with van der Waals surface area (Å²) < 4.78 is 19.9. The SMILES string of the molecule is CCc1nn(-c2ccccc2)c(Oc2ccccc2OC)c1CN(CC1CCCO1)C(=O)c1ccccc1. The molecule has 1 aromatic heterocycles. The van der Waals surface area contributed by atoms with Crippen LogP contribution in [0.5, 0.6) is 17.4 Å². The Kier molecular flexibility index (Phi) is 8.04. The quantitative estimate of drug-likeness (QED) is 0.259. The minimum absolute atomic E-state index is 0.00972. The van der Waals surface area contributed by atoms with Crippen molar-refractivity contribution < 1.29 is 19.0 Å². The maximum absolute atomic E-state index is 13.8. The van der Waals surface area contributed by atoms with Gasteiger partial charge in [-0.15, -0.1) is 0 Å². The molecule has 0 radical (unpaired) electrons. The second-order valence-electron chi connectivity index (χ2n) is 9.27. The molecule has 1 aliphatic rings. The number of nitrogens with zero attached hydrogens (tertiary/aromatic N) is 3. The normalized spacial score (nSPS) is 14.8. The van der Waals surface area contributed by atoms with Crippen LogP contribution in [0, 0.1) is 0 Å². The molecule has 0 aliphatic carbocycles. The monoisotopic (exact) mass is 511 g/mol. The van der Waals surface area contributed by atoms with Gasteiger partial charge in [0.1, 0.15) is 0 Å². The summed E-state index contributed by atoms with van der Waals surface area (Å²) >= 11 is 0. The number of methoxy groups -OCH3 is 1. The second-order valence-corrected chi connectivity index (χ2v) is 9.27. The number of benzene rings is 3. The molecule has 5 rings (SSSR count). The van der Waals surface area contributed by atoms with Crippen molar-refractivity contribution in [1.82, 2.24) is 14.7 Å². The van der Waals surface area contributed by atoms with E-state index in [4.69, 9.17) is 19.3 Å². The van der Waals surface area contributed by atoms with Crippen LogP contribution in [0.3, 0.4) is 0 Å². The van der Waals surface area contributed by atoms with E-state index in [1.807, 2.05) is 94.5 Å². The van der Waals surface area contributed by atoms with Gasteiger partial charge < -0.3 is 19.1 Å². The Balaban J connectivity index is 1.59. The van der Waals surface area contributed by atoms with E-state index in [9.17, 15) is 4.79 Å². The topological polar surface area (TPSA) is 65.8 Å². The molecule has 1 fully saturated rings. The van der Waals surface area contributed by atoms with Crippen molar-refractivity contribution in [3.8, 4) is 23.1 Å². The van der Waals surface area contributed by atoms with Crippen LogP contribution in [0.1, 0.15) is 41.4 Å². The van der Waals surface area contributed by atoms with Crippen LogP contribution in [0.2, 0.25) is 0 Å². The van der Waals surface area contributed by atoms with E-state index in [2.05, 4.69) is 6.92 Å². The number of hydrogen-bond donors (Lipinski definition) is 0. The third-order valence-electron chi connectivity index (χ3n) is 6.74. The molecular weight excluding hydrogens is 478 g/mol. The van der Waals surface area contributed by atoms with Crippen LogP contribution in [0.25, 0.3) is 5.69 Å². The first-order valence-corrected chi connectivity index (χ1v) is 13.1. The van der Waals surface area contributed by atoms with Crippen molar-refractivity contribution in [3.05, 3.63) is 102 Å². The van der Waals surface area contributed by atoms with Crippen LogP contribution in [-0.4, -0.2) is 47.0 Å². The number of carbonyl (C=O) groups is 1. The van der Waals surface area contributed by atoms with E-state index in [1.165, 1.54) is 0 Å². The zero-order valence-electron chi connectivity index (χ0n) is 21.9. The van der Waals surface area contributed by atoms with Gasteiger partial charge in [0.25, 0.3) is 5.91 Å². The Labute approximate surface area is 223 Å². The second kappa shape index (κ2) is 12.0. The third kappa shape index (κ3) is 5.58. The predicted octanol–water partition coefficient (Wildman–Crippen LogP) is 6.06. The van der Waals surface area contributed by atoms with Crippen molar-refractivity contribution in [1.29, 1.82) is 0 Å². The fourth-order valence-electron chi connectivity index (χ4n) is 4.78. The highest BCUT2D eigenvalue weighted by atomic mass is 16.5. The van der Waals surface area contributed by atoms with E-state index >= 15 is 0 Å². The Morgan fingerprint density at radius 2 is 1.68 bits per heavy atom. The minimum Gasteiger partial charge on any atom is -0.493 e. The fraction of sp³-hybridized carbons (Fsp3) is 0.290. The fourth-order valence-corrected chi connectivity index (χ4v) is 4.78. The van der Waals surface area contributed by atoms with E-state index < -0.39 is 0 Å². The van der Waals surface area contributed by atoms with Gasteiger partial charge in [0.15, 0.2) is 11.5 Å². The molecule has 0 bridgehead atoms. The largest absolute Gasteiger partial charge is 0.493 e. The maximum atomic E-state index is 13.8. The van der Waals surface area contributed by atoms with Gasteiger partial charge in [0.2, 0.25) is 5.88 Å². The Hall–Kier alpha value is -4.10. The van der Waals surface area contributed by atoms with Crippen molar-refractivity contribution in [2.45, 2.75) is 38.8 Å². The molecule has 2 heterocycles. The van der Waals surface area contributed by atoms with Crippen molar-refractivity contribution in [3.63, 3.8) is 0 Å². The first kappa shape index (κ1) is 25.5. The highest BCUT2D eigenvalue weighted by molar-refractivity contribution is 5.94. The molecule has 0 spiro atoms. The van der Waals surface area contributed by atoms with Crippen LogP contribution < -0.4 is 9.47 Å². The molecule has 1 atom stereocenters. The van der Waals surface area contributed by atoms with Crippen molar-refractivity contribution in [2.24, 2.45) is 0 Å².